The van der Waals surface area contributed by atoms with Crippen molar-refractivity contribution in [2.75, 3.05) is 18.5 Å². The molecule has 2 aromatic heterocycles. The van der Waals surface area contributed by atoms with Crippen molar-refractivity contribution in [3.8, 4) is 0 Å². The molecule has 98 valence electrons. The van der Waals surface area contributed by atoms with Gasteiger partial charge in [0.15, 0.2) is 5.82 Å². The number of fused-ring (bicyclic) bond motifs is 3. The van der Waals surface area contributed by atoms with E-state index in [1.165, 1.54) is 0 Å². The molecule has 0 amide bonds. The van der Waals surface area contributed by atoms with Gasteiger partial charge < -0.3 is 4.90 Å². The fourth-order valence-electron chi connectivity index (χ4n) is 2.38. The zero-order valence-electron chi connectivity index (χ0n) is 11.4. The normalized spacial score (nSPS) is 11.6. The molecule has 0 spiro atoms. The molecule has 1 aromatic carbocycles. The molecule has 0 aliphatic carbocycles. The lowest BCUT2D eigenvalue weighted by molar-refractivity contribution is 0.635. The van der Waals surface area contributed by atoms with Gasteiger partial charge in [0.2, 0.25) is 5.65 Å². The lowest BCUT2D eigenvalue weighted by Crippen LogP contribution is -2.24. The smallest absolute Gasteiger partial charge is 0.204 e. The maximum atomic E-state index is 4.73. The molecule has 0 saturated heterocycles. The number of hydrogen-bond acceptors (Lipinski definition) is 4. The molecular formula is C14H17N5. The molecule has 2 heterocycles. The van der Waals surface area contributed by atoms with E-state index < -0.39 is 0 Å². The summed E-state index contributed by atoms with van der Waals surface area (Å²) >= 11 is 0. The highest BCUT2D eigenvalue weighted by atomic mass is 15.3. The summed E-state index contributed by atoms with van der Waals surface area (Å²) in [7, 11) is 2.05. The van der Waals surface area contributed by atoms with E-state index in [0.717, 1.165) is 29.0 Å². The van der Waals surface area contributed by atoms with Gasteiger partial charge in [-0.2, -0.15) is 0 Å². The molecule has 0 unspecified atom stereocenters. The highest BCUT2D eigenvalue weighted by Gasteiger charge is 2.14. The second kappa shape index (κ2) is 4.50. The molecule has 0 atom stereocenters. The topological polar surface area (TPSA) is 46.3 Å². The first-order valence-corrected chi connectivity index (χ1v) is 6.46. The fraction of sp³-hybridized carbons (Fsp3) is 0.357. The fourth-order valence-corrected chi connectivity index (χ4v) is 2.38. The average Bonchev–Trinajstić information content (AvgIpc) is 2.86. The third-order valence-electron chi connectivity index (χ3n) is 3.12. The molecule has 0 aliphatic heterocycles. The van der Waals surface area contributed by atoms with E-state index >= 15 is 0 Å². The summed E-state index contributed by atoms with van der Waals surface area (Å²) in [5, 5.41) is 8.23. The minimum absolute atomic E-state index is 0.571. The molecule has 0 fully saturated rings. The van der Waals surface area contributed by atoms with Crippen LogP contribution in [0.25, 0.3) is 16.7 Å². The third kappa shape index (κ3) is 2.01. The van der Waals surface area contributed by atoms with Crippen LogP contribution in [-0.4, -0.2) is 33.2 Å². The molecule has 0 aliphatic rings. The summed E-state index contributed by atoms with van der Waals surface area (Å²) < 4.78 is 1.99. The second-order valence-electron chi connectivity index (χ2n) is 5.22. The summed E-state index contributed by atoms with van der Waals surface area (Å²) in [5.41, 5.74) is 2.80. The molecule has 5 nitrogen and oxygen atoms in total. The number of anilines is 1. The van der Waals surface area contributed by atoms with Crippen molar-refractivity contribution in [3.05, 3.63) is 30.6 Å². The molecule has 5 heteroatoms. The number of hydrogen-bond donors (Lipinski definition) is 0. The number of aromatic nitrogens is 4. The Kier molecular flexibility index (Phi) is 2.81. The van der Waals surface area contributed by atoms with Crippen molar-refractivity contribution in [2.45, 2.75) is 13.8 Å². The zero-order valence-corrected chi connectivity index (χ0v) is 11.4. The van der Waals surface area contributed by atoms with E-state index in [1.54, 1.807) is 6.33 Å². The first-order chi connectivity index (χ1) is 9.16. The van der Waals surface area contributed by atoms with Crippen LogP contribution in [-0.2, 0) is 0 Å². The van der Waals surface area contributed by atoms with Crippen LogP contribution in [0.3, 0.4) is 0 Å². The molecule has 0 saturated carbocycles. The minimum atomic E-state index is 0.571. The van der Waals surface area contributed by atoms with E-state index in [0.29, 0.717) is 5.92 Å². The van der Waals surface area contributed by atoms with Gasteiger partial charge in [-0.1, -0.05) is 26.0 Å². The molecule has 3 rings (SSSR count). The molecule has 3 aromatic rings. The molecular weight excluding hydrogens is 238 g/mol. The van der Waals surface area contributed by atoms with Crippen LogP contribution in [0.2, 0.25) is 0 Å². The summed E-state index contributed by atoms with van der Waals surface area (Å²) in [6, 6.07) is 8.05. The summed E-state index contributed by atoms with van der Waals surface area (Å²) in [4.78, 5) is 6.87. The SMILES string of the molecule is CC(C)CN(C)c1nc2ccccc2n2cnnc12. The molecule has 0 radical (unpaired) electrons. The predicted octanol–water partition coefficient (Wildman–Crippen LogP) is 2.37. The monoisotopic (exact) mass is 255 g/mol. The Morgan fingerprint density at radius 3 is 2.84 bits per heavy atom. The van der Waals surface area contributed by atoms with Gasteiger partial charge in [-0.25, -0.2) is 4.98 Å². The zero-order chi connectivity index (χ0) is 13.4. The van der Waals surface area contributed by atoms with Crippen LogP contribution in [0.4, 0.5) is 5.82 Å². The quantitative estimate of drug-likeness (QED) is 0.721. The lowest BCUT2D eigenvalue weighted by atomic mass is 10.2. The molecule has 19 heavy (non-hydrogen) atoms. The maximum Gasteiger partial charge on any atom is 0.204 e. The van der Waals surface area contributed by atoms with Crippen LogP contribution >= 0.6 is 0 Å². The van der Waals surface area contributed by atoms with Crippen molar-refractivity contribution >= 4 is 22.5 Å². The van der Waals surface area contributed by atoms with Crippen LogP contribution in [0.5, 0.6) is 0 Å². The second-order valence-corrected chi connectivity index (χ2v) is 5.22. The van der Waals surface area contributed by atoms with Gasteiger partial charge >= 0.3 is 0 Å². The van der Waals surface area contributed by atoms with E-state index in [2.05, 4.69) is 28.9 Å². The van der Waals surface area contributed by atoms with Crippen LogP contribution < -0.4 is 4.90 Å². The Bertz CT molecular complexity index is 716. The van der Waals surface area contributed by atoms with E-state index in [9.17, 15) is 0 Å². The van der Waals surface area contributed by atoms with E-state index in [1.807, 2.05) is 35.7 Å². The lowest BCUT2D eigenvalue weighted by Gasteiger charge is -2.21. The summed E-state index contributed by atoms with van der Waals surface area (Å²) in [5.74, 6) is 1.45. The number of rotatable bonds is 3. The van der Waals surface area contributed by atoms with Crippen molar-refractivity contribution in [3.63, 3.8) is 0 Å². The van der Waals surface area contributed by atoms with Gasteiger partial charge in [0, 0.05) is 13.6 Å². The van der Waals surface area contributed by atoms with E-state index in [-0.39, 0.29) is 0 Å². The van der Waals surface area contributed by atoms with Gasteiger partial charge in [-0.05, 0) is 18.1 Å². The van der Waals surface area contributed by atoms with Crippen molar-refractivity contribution < 1.29 is 0 Å². The summed E-state index contributed by atoms with van der Waals surface area (Å²) in [6.07, 6.45) is 1.74. The van der Waals surface area contributed by atoms with Crippen molar-refractivity contribution in [1.82, 2.24) is 19.6 Å². The number of benzene rings is 1. The van der Waals surface area contributed by atoms with Gasteiger partial charge in [-0.15, -0.1) is 10.2 Å². The van der Waals surface area contributed by atoms with E-state index in [4.69, 9.17) is 4.98 Å². The maximum absolute atomic E-state index is 4.73. The van der Waals surface area contributed by atoms with Crippen molar-refractivity contribution in [2.24, 2.45) is 5.92 Å². The predicted molar refractivity (Wildman–Crippen MR) is 76.4 cm³/mol. The number of para-hydroxylation sites is 2. The Labute approximate surface area is 111 Å². The Morgan fingerprint density at radius 1 is 1.26 bits per heavy atom. The minimum Gasteiger partial charge on any atom is -0.356 e. The average molecular weight is 255 g/mol. The first-order valence-electron chi connectivity index (χ1n) is 6.46. The standard InChI is InChI=1S/C14H17N5/c1-10(2)8-18(3)13-14-17-15-9-19(14)12-7-5-4-6-11(12)16-13/h4-7,9-10H,8H2,1-3H3. The van der Waals surface area contributed by atoms with Crippen LogP contribution in [0, 0.1) is 5.92 Å². The summed E-state index contributed by atoms with van der Waals surface area (Å²) in [6.45, 7) is 5.32. The largest absolute Gasteiger partial charge is 0.356 e. The molecule has 0 bridgehead atoms. The van der Waals surface area contributed by atoms with Crippen LogP contribution in [0.1, 0.15) is 13.8 Å². The third-order valence-corrected chi connectivity index (χ3v) is 3.12. The first kappa shape index (κ1) is 11.9. The van der Waals surface area contributed by atoms with Gasteiger partial charge in [0.1, 0.15) is 6.33 Å². The van der Waals surface area contributed by atoms with Gasteiger partial charge in [-0.3, -0.25) is 4.40 Å². The number of nitrogens with zero attached hydrogens (tertiary/aromatic N) is 5. The Balaban J connectivity index is 2.24. The van der Waals surface area contributed by atoms with Crippen LogP contribution in [0.15, 0.2) is 30.6 Å². The Morgan fingerprint density at radius 2 is 2.05 bits per heavy atom. The Hall–Kier alpha value is -2.17. The van der Waals surface area contributed by atoms with Crippen molar-refractivity contribution in [1.29, 1.82) is 0 Å². The highest BCUT2D eigenvalue weighted by molar-refractivity contribution is 5.82. The van der Waals surface area contributed by atoms with Gasteiger partial charge in [0.05, 0.1) is 11.0 Å². The highest BCUT2D eigenvalue weighted by Crippen LogP contribution is 2.22. The van der Waals surface area contributed by atoms with Gasteiger partial charge in [0.25, 0.3) is 0 Å². The molecule has 0 N–H and O–H groups in total.